The summed E-state index contributed by atoms with van der Waals surface area (Å²) in [6.45, 7) is 4.23. The number of hydrogen-bond acceptors (Lipinski definition) is 3. The molecule has 3 rings (SSSR count). The molecule has 0 saturated carbocycles. The standard InChI is InChI=1S/C17H22N2O/c1-14-13-16(18-20-14)17-9-5-6-11-19(17)12-10-15-7-3-2-4-8-15/h2-4,7-8,13,17H,5-6,9-12H2,1H3/t17-/m0/s1. The fraction of sp³-hybridized carbons (Fsp3) is 0.471. The highest BCUT2D eigenvalue weighted by Crippen LogP contribution is 2.30. The minimum atomic E-state index is 0.435. The third-order valence-electron chi connectivity index (χ3n) is 4.13. The van der Waals surface area contributed by atoms with Gasteiger partial charge in [-0.15, -0.1) is 0 Å². The van der Waals surface area contributed by atoms with E-state index in [1.807, 2.05) is 6.92 Å². The van der Waals surface area contributed by atoms with Gasteiger partial charge in [-0.25, -0.2) is 0 Å². The van der Waals surface area contributed by atoms with E-state index in [4.69, 9.17) is 4.52 Å². The molecule has 0 unspecified atom stereocenters. The molecule has 1 fully saturated rings. The van der Waals surface area contributed by atoms with Gasteiger partial charge in [0.15, 0.2) is 0 Å². The maximum atomic E-state index is 5.25. The van der Waals surface area contributed by atoms with Crippen molar-refractivity contribution in [3.05, 3.63) is 53.4 Å². The number of nitrogens with zero attached hydrogens (tertiary/aromatic N) is 2. The SMILES string of the molecule is Cc1cc([C@@H]2CCCCN2CCc2ccccc2)no1. The van der Waals surface area contributed by atoms with Gasteiger partial charge in [-0.3, -0.25) is 4.90 Å². The van der Waals surface area contributed by atoms with E-state index in [2.05, 4.69) is 46.5 Å². The van der Waals surface area contributed by atoms with Crippen LogP contribution in [-0.2, 0) is 6.42 Å². The predicted molar refractivity (Wildman–Crippen MR) is 79.6 cm³/mol. The van der Waals surface area contributed by atoms with Crippen molar-refractivity contribution in [2.45, 2.75) is 38.6 Å². The molecule has 0 radical (unpaired) electrons. The van der Waals surface area contributed by atoms with Crippen molar-refractivity contribution in [2.24, 2.45) is 0 Å². The quantitative estimate of drug-likeness (QED) is 0.847. The topological polar surface area (TPSA) is 29.3 Å². The molecule has 3 nitrogen and oxygen atoms in total. The molecule has 0 amide bonds. The molecule has 1 aromatic heterocycles. The molecule has 106 valence electrons. The Morgan fingerprint density at radius 3 is 2.85 bits per heavy atom. The molecule has 20 heavy (non-hydrogen) atoms. The Morgan fingerprint density at radius 2 is 2.10 bits per heavy atom. The summed E-state index contributed by atoms with van der Waals surface area (Å²) in [6.07, 6.45) is 4.88. The molecule has 2 heterocycles. The zero-order valence-electron chi connectivity index (χ0n) is 12.1. The van der Waals surface area contributed by atoms with Gasteiger partial charge in [-0.2, -0.15) is 0 Å². The normalized spacial score (nSPS) is 20.1. The van der Waals surface area contributed by atoms with Gasteiger partial charge in [-0.1, -0.05) is 41.9 Å². The van der Waals surface area contributed by atoms with Crippen molar-refractivity contribution >= 4 is 0 Å². The lowest BCUT2D eigenvalue weighted by atomic mass is 9.98. The summed E-state index contributed by atoms with van der Waals surface area (Å²) in [5.41, 5.74) is 2.52. The van der Waals surface area contributed by atoms with Crippen LogP contribution in [0.25, 0.3) is 0 Å². The number of benzene rings is 1. The molecule has 1 aliphatic heterocycles. The van der Waals surface area contributed by atoms with Crippen LogP contribution in [0.1, 0.15) is 42.3 Å². The number of aryl methyl sites for hydroxylation is 1. The number of likely N-dealkylation sites (tertiary alicyclic amines) is 1. The summed E-state index contributed by atoms with van der Waals surface area (Å²) in [5.74, 6) is 0.911. The second-order valence-corrected chi connectivity index (χ2v) is 5.65. The van der Waals surface area contributed by atoms with Crippen LogP contribution >= 0.6 is 0 Å². The van der Waals surface area contributed by atoms with E-state index in [0.29, 0.717) is 6.04 Å². The first kappa shape index (κ1) is 13.4. The molecular formula is C17H22N2O. The summed E-state index contributed by atoms with van der Waals surface area (Å²) in [6, 6.07) is 13.2. The maximum absolute atomic E-state index is 5.25. The number of piperidine rings is 1. The first-order valence-electron chi connectivity index (χ1n) is 7.54. The van der Waals surface area contributed by atoms with Gasteiger partial charge in [0.2, 0.25) is 0 Å². The smallest absolute Gasteiger partial charge is 0.133 e. The molecule has 1 aromatic carbocycles. The van der Waals surface area contributed by atoms with Crippen molar-refractivity contribution in [3.8, 4) is 0 Å². The van der Waals surface area contributed by atoms with Crippen LogP contribution in [0.2, 0.25) is 0 Å². The van der Waals surface area contributed by atoms with E-state index in [9.17, 15) is 0 Å². The van der Waals surface area contributed by atoms with Crippen molar-refractivity contribution in [1.82, 2.24) is 10.1 Å². The largest absolute Gasteiger partial charge is 0.361 e. The van der Waals surface area contributed by atoms with Crippen LogP contribution in [0.5, 0.6) is 0 Å². The number of rotatable bonds is 4. The summed E-state index contributed by atoms with van der Waals surface area (Å²) < 4.78 is 5.25. The zero-order chi connectivity index (χ0) is 13.8. The zero-order valence-corrected chi connectivity index (χ0v) is 12.1. The van der Waals surface area contributed by atoms with Gasteiger partial charge in [-0.05, 0) is 38.3 Å². The second-order valence-electron chi connectivity index (χ2n) is 5.65. The molecule has 2 aromatic rings. The van der Waals surface area contributed by atoms with E-state index < -0.39 is 0 Å². The van der Waals surface area contributed by atoms with Crippen molar-refractivity contribution in [1.29, 1.82) is 0 Å². The van der Waals surface area contributed by atoms with Crippen LogP contribution in [0.3, 0.4) is 0 Å². The molecule has 0 N–H and O–H groups in total. The van der Waals surface area contributed by atoms with E-state index in [1.54, 1.807) is 0 Å². The third kappa shape index (κ3) is 3.10. The molecule has 0 aliphatic carbocycles. The lowest BCUT2D eigenvalue weighted by Crippen LogP contribution is -2.35. The molecular weight excluding hydrogens is 248 g/mol. The Morgan fingerprint density at radius 1 is 1.25 bits per heavy atom. The van der Waals surface area contributed by atoms with Crippen LogP contribution in [0.15, 0.2) is 40.9 Å². The van der Waals surface area contributed by atoms with E-state index in [1.165, 1.54) is 31.4 Å². The maximum Gasteiger partial charge on any atom is 0.133 e. The molecule has 1 aliphatic rings. The number of hydrogen-bond donors (Lipinski definition) is 0. The number of aromatic nitrogens is 1. The lowest BCUT2D eigenvalue weighted by Gasteiger charge is -2.34. The highest BCUT2D eigenvalue weighted by atomic mass is 16.5. The Balaban J connectivity index is 1.66. The van der Waals surface area contributed by atoms with Crippen LogP contribution < -0.4 is 0 Å². The Hall–Kier alpha value is -1.61. The van der Waals surface area contributed by atoms with Crippen molar-refractivity contribution < 1.29 is 4.52 Å². The molecule has 3 heteroatoms. The lowest BCUT2D eigenvalue weighted by molar-refractivity contribution is 0.143. The summed E-state index contributed by atoms with van der Waals surface area (Å²) >= 11 is 0. The van der Waals surface area contributed by atoms with E-state index in [-0.39, 0.29) is 0 Å². The fourth-order valence-corrected chi connectivity index (χ4v) is 3.05. The van der Waals surface area contributed by atoms with Crippen molar-refractivity contribution in [2.75, 3.05) is 13.1 Å². The molecule has 1 saturated heterocycles. The first-order chi connectivity index (χ1) is 9.83. The Labute approximate surface area is 120 Å². The Bertz CT molecular complexity index is 535. The highest BCUT2D eigenvalue weighted by Gasteiger charge is 2.25. The van der Waals surface area contributed by atoms with Gasteiger partial charge in [0, 0.05) is 12.6 Å². The molecule has 1 atom stereocenters. The summed E-state index contributed by atoms with van der Waals surface area (Å²) in [7, 11) is 0. The predicted octanol–water partition coefficient (Wildman–Crippen LogP) is 3.75. The van der Waals surface area contributed by atoms with Crippen LogP contribution in [-0.4, -0.2) is 23.1 Å². The van der Waals surface area contributed by atoms with Gasteiger partial charge in [0.25, 0.3) is 0 Å². The average molecular weight is 270 g/mol. The van der Waals surface area contributed by atoms with Crippen molar-refractivity contribution in [3.63, 3.8) is 0 Å². The molecule has 0 spiro atoms. The minimum Gasteiger partial charge on any atom is -0.361 e. The van der Waals surface area contributed by atoms with Gasteiger partial charge in [0.1, 0.15) is 11.5 Å². The average Bonchev–Trinajstić information content (AvgIpc) is 2.93. The minimum absolute atomic E-state index is 0.435. The van der Waals surface area contributed by atoms with Crippen LogP contribution in [0.4, 0.5) is 0 Å². The fourth-order valence-electron chi connectivity index (χ4n) is 3.05. The summed E-state index contributed by atoms with van der Waals surface area (Å²) in [4.78, 5) is 2.56. The third-order valence-corrected chi connectivity index (χ3v) is 4.13. The van der Waals surface area contributed by atoms with Gasteiger partial charge >= 0.3 is 0 Å². The Kier molecular flexibility index (Phi) is 4.16. The van der Waals surface area contributed by atoms with E-state index in [0.717, 1.165) is 24.4 Å². The monoisotopic (exact) mass is 270 g/mol. The van der Waals surface area contributed by atoms with Gasteiger partial charge in [0.05, 0.1) is 6.04 Å². The summed E-state index contributed by atoms with van der Waals surface area (Å²) in [5, 5.41) is 4.23. The van der Waals surface area contributed by atoms with E-state index >= 15 is 0 Å². The van der Waals surface area contributed by atoms with Crippen LogP contribution in [0, 0.1) is 6.92 Å². The van der Waals surface area contributed by atoms with Gasteiger partial charge < -0.3 is 4.52 Å². The molecule has 0 bridgehead atoms. The second kappa shape index (κ2) is 6.23. The highest BCUT2D eigenvalue weighted by molar-refractivity contribution is 5.15. The first-order valence-corrected chi connectivity index (χ1v) is 7.54.